The van der Waals surface area contributed by atoms with Crippen LogP contribution < -0.4 is 11.1 Å². The lowest BCUT2D eigenvalue weighted by Crippen LogP contribution is -2.46. The van der Waals surface area contributed by atoms with E-state index in [1.165, 1.54) is 64.6 Å². The van der Waals surface area contributed by atoms with Crippen molar-refractivity contribution < 1.29 is 0 Å². The smallest absolute Gasteiger partial charge is 0.188 e. The molecule has 5 rings (SSSR count). The number of aliphatic imine (C=N–C) groups is 1. The summed E-state index contributed by atoms with van der Waals surface area (Å²) in [5.41, 5.74) is 6.75. The second-order valence-electron chi connectivity index (χ2n) is 9.62. The first-order valence-electron chi connectivity index (χ1n) is 11.0. The third-order valence-electron chi connectivity index (χ3n) is 7.47. The van der Waals surface area contributed by atoms with Crippen LogP contribution in [-0.2, 0) is 0 Å². The van der Waals surface area contributed by atoms with Gasteiger partial charge in [0, 0.05) is 13.1 Å². The van der Waals surface area contributed by atoms with Crippen molar-refractivity contribution in [3.05, 3.63) is 0 Å². The Kier molecular flexibility index (Phi) is 5.54. The van der Waals surface area contributed by atoms with E-state index in [2.05, 4.69) is 15.2 Å². The normalized spacial score (nSPS) is 37.8. The Morgan fingerprint density at radius 2 is 1.64 bits per heavy atom. The van der Waals surface area contributed by atoms with Gasteiger partial charge in [-0.1, -0.05) is 0 Å². The molecule has 4 heteroatoms. The molecular formula is C21H38N4. The average Bonchev–Trinajstić information content (AvgIpc) is 3.08. The lowest BCUT2D eigenvalue weighted by atomic mass is 9.48. The van der Waals surface area contributed by atoms with Gasteiger partial charge in [0.1, 0.15) is 0 Å². The summed E-state index contributed by atoms with van der Waals surface area (Å²) in [6.45, 7) is 5.61. The SMILES string of the molecule is NC(=NCCCN1CCCC1)NCCCC12CC3CC(CC(C3)C1)C2. The fourth-order valence-corrected chi connectivity index (χ4v) is 6.83. The molecule has 142 valence electrons. The van der Waals surface area contributed by atoms with Crippen LogP contribution in [-0.4, -0.2) is 43.6 Å². The quantitative estimate of drug-likeness (QED) is 0.402. The second kappa shape index (κ2) is 7.85. The largest absolute Gasteiger partial charge is 0.370 e. The Labute approximate surface area is 154 Å². The molecular weight excluding hydrogens is 308 g/mol. The molecule has 4 saturated carbocycles. The van der Waals surface area contributed by atoms with Crippen LogP contribution in [0.2, 0.25) is 0 Å². The summed E-state index contributed by atoms with van der Waals surface area (Å²) in [6.07, 6.45) is 15.8. The molecule has 4 aliphatic carbocycles. The Morgan fingerprint density at radius 3 is 2.28 bits per heavy atom. The summed E-state index contributed by atoms with van der Waals surface area (Å²) in [7, 11) is 0. The predicted octanol–water partition coefficient (Wildman–Crippen LogP) is 3.37. The lowest BCUT2D eigenvalue weighted by Gasteiger charge is -2.57. The number of likely N-dealkylation sites (tertiary alicyclic amines) is 1. The van der Waals surface area contributed by atoms with Crippen molar-refractivity contribution in [3.63, 3.8) is 0 Å². The minimum absolute atomic E-state index is 0.659. The minimum atomic E-state index is 0.659. The predicted molar refractivity (Wildman–Crippen MR) is 105 cm³/mol. The van der Waals surface area contributed by atoms with E-state index in [-0.39, 0.29) is 0 Å². The van der Waals surface area contributed by atoms with E-state index in [0.29, 0.717) is 11.4 Å². The van der Waals surface area contributed by atoms with Crippen molar-refractivity contribution in [2.75, 3.05) is 32.7 Å². The molecule has 5 aliphatic rings. The molecule has 0 aromatic rings. The van der Waals surface area contributed by atoms with Crippen molar-refractivity contribution in [3.8, 4) is 0 Å². The fraction of sp³-hybridized carbons (Fsp3) is 0.952. The summed E-state index contributed by atoms with van der Waals surface area (Å²) in [6, 6.07) is 0. The maximum Gasteiger partial charge on any atom is 0.188 e. The van der Waals surface area contributed by atoms with E-state index in [1.807, 2.05) is 0 Å². The number of nitrogens with one attached hydrogen (secondary N) is 1. The Hall–Kier alpha value is -0.770. The van der Waals surface area contributed by atoms with Crippen LogP contribution in [0.15, 0.2) is 4.99 Å². The first-order chi connectivity index (χ1) is 12.2. The average molecular weight is 347 g/mol. The van der Waals surface area contributed by atoms with Crippen molar-refractivity contribution in [1.29, 1.82) is 0 Å². The molecule has 0 spiro atoms. The topological polar surface area (TPSA) is 53.6 Å². The molecule has 1 aliphatic heterocycles. The van der Waals surface area contributed by atoms with E-state index >= 15 is 0 Å². The highest BCUT2D eigenvalue weighted by Crippen LogP contribution is 2.61. The molecule has 1 saturated heterocycles. The Morgan fingerprint density at radius 1 is 1.00 bits per heavy atom. The Bertz CT molecular complexity index is 431. The molecule has 0 aromatic heterocycles. The third kappa shape index (κ3) is 4.50. The standard InChI is InChI=1S/C21H38N4/c22-20(24-7-4-10-25-8-1-2-9-25)23-6-3-5-21-14-17-11-18(15-21)13-19(12-17)16-21/h17-19H,1-16H2,(H3,22,23,24). The molecule has 0 radical (unpaired) electrons. The monoisotopic (exact) mass is 346 g/mol. The van der Waals surface area contributed by atoms with E-state index in [1.54, 1.807) is 19.3 Å². The number of nitrogens with zero attached hydrogens (tertiary/aromatic N) is 2. The minimum Gasteiger partial charge on any atom is -0.370 e. The summed E-state index contributed by atoms with van der Waals surface area (Å²) >= 11 is 0. The van der Waals surface area contributed by atoms with Gasteiger partial charge in [0.05, 0.1) is 0 Å². The zero-order chi connectivity index (χ0) is 17.1. The van der Waals surface area contributed by atoms with Gasteiger partial charge >= 0.3 is 0 Å². The number of guanidine groups is 1. The van der Waals surface area contributed by atoms with Crippen LogP contribution in [0.3, 0.4) is 0 Å². The first kappa shape index (κ1) is 17.6. The zero-order valence-corrected chi connectivity index (χ0v) is 16.0. The van der Waals surface area contributed by atoms with E-state index < -0.39 is 0 Å². The number of rotatable bonds is 8. The van der Waals surface area contributed by atoms with Crippen LogP contribution in [0, 0.1) is 23.2 Å². The van der Waals surface area contributed by atoms with E-state index in [9.17, 15) is 0 Å². The molecule has 3 N–H and O–H groups in total. The lowest BCUT2D eigenvalue weighted by molar-refractivity contribution is -0.0578. The molecule has 1 heterocycles. The van der Waals surface area contributed by atoms with Crippen molar-refractivity contribution >= 4 is 5.96 Å². The van der Waals surface area contributed by atoms with Gasteiger partial charge < -0.3 is 16.0 Å². The van der Waals surface area contributed by atoms with Gasteiger partial charge in [-0.25, -0.2) is 0 Å². The maximum absolute atomic E-state index is 6.04. The van der Waals surface area contributed by atoms with Crippen molar-refractivity contribution in [2.24, 2.45) is 33.9 Å². The molecule has 0 unspecified atom stereocenters. The van der Waals surface area contributed by atoms with Gasteiger partial charge in [-0.2, -0.15) is 0 Å². The van der Waals surface area contributed by atoms with Crippen LogP contribution >= 0.6 is 0 Å². The van der Waals surface area contributed by atoms with Crippen molar-refractivity contribution in [2.45, 2.75) is 70.6 Å². The number of hydrogen-bond donors (Lipinski definition) is 2. The van der Waals surface area contributed by atoms with Crippen molar-refractivity contribution in [1.82, 2.24) is 10.2 Å². The summed E-state index contributed by atoms with van der Waals surface area (Å²) < 4.78 is 0. The molecule has 0 atom stereocenters. The molecule has 4 nitrogen and oxygen atoms in total. The fourth-order valence-electron chi connectivity index (χ4n) is 6.83. The van der Waals surface area contributed by atoms with Gasteiger partial charge in [0.15, 0.2) is 5.96 Å². The number of nitrogens with two attached hydrogens (primary N) is 1. The van der Waals surface area contributed by atoms with Crippen LogP contribution in [0.4, 0.5) is 0 Å². The van der Waals surface area contributed by atoms with Gasteiger partial charge in [0.2, 0.25) is 0 Å². The van der Waals surface area contributed by atoms with E-state index in [0.717, 1.165) is 37.3 Å². The molecule has 25 heavy (non-hydrogen) atoms. The summed E-state index contributed by atoms with van der Waals surface area (Å²) in [5.74, 6) is 3.87. The second-order valence-corrected chi connectivity index (χ2v) is 9.62. The van der Waals surface area contributed by atoms with Gasteiger partial charge in [-0.3, -0.25) is 4.99 Å². The third-order valence-corrected chi connectivity index (χ3v) is 7.47. The van der Waals surface area contributed by atoms with Crippen LogP contribution in [0.5, 0.6) is 0 Å². The highest BCUT2D eigenvalue weighted by Gasteiger charge is 2.50. The van der Waals surface area contributed by atoms with Crippen LogP contribution in [0.25, 0.3) is 0 Å². The van der Waals surface area contributed by atoms with Gasteiger partial charge in [-0.05, 0) is 113 Å². The zero-order valence-electron chi connectivity index (χ0n) is 16.0. The molecule has 0 amide bonds. The van der Waals surface area contributed by atoms with Crippen LogP contribution in [0.1, 0.15) is 70.6 Å². The highest BCUT2D eigenvalue weighted by atomic mass is 15.1. The first-order valence-corrected chi connectivity index (χ1v) is 11.0. The number of hydrogen-bond acceptors (Lipinski definition) is 2. The molecule has 4 bridgehead atoms. The van der Waals surface area contributed by atoms with E-state index in [4.69, 9.17) is 5.73 Å². The molecule has 5 fully saturated rings. The summed E-state index contributed by atoms with van der Waals surface area (Å²) in [4.78, 5) is 7.05. The molecule has 0 aromatic carbocycles. The Balaban J connectivity index is 1.11. The van der Waals surface area contributed by atoms with Gasteiger partial charge in [-0.15, -0.1) is 0 Å². The highest BCUT2D eigenvalue weighted by molar-refractivity contribution is 5.77. The van der Waals surface area contributed by atoms with Gasteiger partial charge in [0.25, 0.3) is 0 Å². The summed E-state index contributed by atoms with van der Waals surface area (Å²) in [5, 5.41) is 3.36. The maximum atomic E-state index is 6.04.